The van der Waals surface area contributed by atoms with Crippen LogP contribution in [0.3, 0.4) is 0 Å². The lowest BCUT2D eigenvalue weighted by atomic mass is 10.1. The second-order valence-electron chi connectivity index (χ2n) is 3.73. The monoisotopic (exact) mass is 191 g/mol. The van der Waals surface area contributed by atoms with Gasteiger partial charge in [0.2, 0.25) is 0 Å². The van der Waals surface area contributed by atoms with Gasteiger partial charge in [-0.15, -0.1) is 0 Å². The van der Waals surface area contributed by atoms with Gasteiger partial charge in [0.15, 0.2) is 5.69 Å². The van der Waals surface area contributed by atoms with Gasteiger partial charge in [0, 0.05) is 18.0 Å². The summed E-state index contributed by atoms with van der Waals surface area (Å²) in [7, 11) is 0. The van der Waals surface area contributed by atoms with Crippen LogP contribution < -0.4 is 0 Å². The van der Waals surface area contributed by atoms with E-state index in [2.05, 4.69) is 25.0 Å². The molecule has 74 valence electrons. The van der Waals surface area contributed by atoms with Crippen molar-refractivity contribution in [3.05, 3.63) is 17.0 Å². The van der Waals surface area contributed by atoms with Crippen LogP contribution in [0.2, 0.25) is 0 Å². The van der Waals surface area contributed by atoms with Gasteiger partial charge < -0.3 is 4.74 Å². The Labute approximate surface area is 83.1 Å². The predicted molar refractivity (Wildman–Crippen MR) is 50.7 cm³/mol. The average Bonchev–Trinajstić information content (AvgIpc) is 2.56. The zero-order valence-electron chi connectivity index (χ0n) is 8.45. The Morgan fingerprint density at radius 1 is 1.57 bits per heavy atom. The summed E-state index contributed by atoms with van der Waals surface area (Å²) >= 11 is 0. The van der Waals surface area contributed by atoms with Gasteiger partial charge in [-0.25, -0.2) is 0 Å². The fourth-order valence-electron chi connectivity index (χ4n) is 1.78. The Bertz CT molecular complexity index is 387. The van der Waals surface area contributed by atoms with Crippen LogP contribution in [0.5, 0.6) is 0 Å². The lowest BCUT2D eigenvalue weighted by molar-refractivity contribution is 0.103. The summed E-state index contributed by atoms with van der Waals surface area (Å²) in [4.78, 5) is 0. The summed E-state index contributed by atoms with van der Waals surface area (Å²) in [5, 5.41) is 13.2. The van der Waals surface area contributed by atoms with Crippen molar-refractivity contribution in [3.63, 3.8) is 0 Å². The summed E-state index contributed by atoms with van der Waals surface area (Å²) in [6, 6.07) is 2.43. The van der Waals surface area contributed by atoms with E-state index in [1.807, 2.05) is 4.68 Å². The number of fused-ring (bicyclic) bond motifs is 1. The number of nitriles is 1. The molecule has 0 amide bonds. The summed E-state index contributed by atoms with van der Waals surface area (Å²) < 4.78 is 7.27. The largest absolute Gasteiger partial charge is 0.375 e. The summed E-state index contributed by atoms with van der Waals surface area (Å²) in [5.74, 6) is 0. The first-order chi connectivity index (χ1) is 6.74. The van der Waals surface area contributed by atoms with Crippen LogP contribution in [0, 0.1) is 11.3 Å². The van der Waals surface area contributed by atoms with Gasteiger partial charge in [-0.3, -0.25) is 4.68 Å². The molecule has 0 aliphatic carbocycles. The van der Waals surface area contributed by atoms with Gasteiger partial charge in [-0.05, 0) is 13.8 Å². The van der Waals surface area contributed by atoms with E-state index in [1.165, 1.54) is 0 Å². The van der Waals surface area contributed by atoms with Crippen LogP contribution in [0.15, 0.2) is 0 Å². The molecule has 1 aromatic rings. The highest BCUT2D eigenvalue weighted by Crippen LogP contribution is 2.22. The van der Waals surface area contributed by atoms with Crippen molar-refractivity contribution in [2.45, 2.75) is 32.9 Å². The molecule has 0 N–H and O–H groups in total. The molecule has 0 fully saturated rings. The Morgan fingerprint density at radius 3 is 3.00 bits per heavy atom. The van der Waals surface area contributed by atoms with E-state index in [0.717, 1.165) is 17.7 Å². The van der Waals surface area contributed by atoms with E-state index in [9.17, 15) is 0 Å². The van der Waals surface area contributed by atoms with Crippen LogP contribution in [-0.4, -0.2) is 16.4 Å². The molecule has 0 atom stereocenters. The number of ether oxygens (including phenoxy) is 1. The highest BCUT2D eigenvalue weighted by atomic mass is 16.5. The molecule has 0 saturated heterocycles. The Hall–Kier alpha value is -1.34. The first-order valence-electron chi connectivity index (χ1n) is 4.82. The third-order valence-electron chi connectivity index (χ3n) is 2.45. The van der Waals surface area contributed by atoms with Crippen molar-refractivity contribution in [2.75, 3.05) is 6.61 Å². The fourth-order valence-corrected chi connectivity index (χ4v) is 1.78. The molecule has 1 aliphatic heterocycles. The van der Waals surface area contributed by atoms with Crippen molar-refractivity contribution in [2.24, 2.45) is 0 Å². The smallest absolute Gasteiger partial charge is 0.166 e. The lowest BCUT2D eigenvalue weighted by Crippen LogP contribution is -2.14. The van der Waals surface area contributed by atoms with Gasteiger partial charge in [0.25, 0.3) is 0 Å². The van der Waals surface area contributed by atoms with Gasteiger partial charge in [-0.1, -0.05) is 0 Å². The number of aromatic nitrogens is 2. The number of hydrogen-bond acceptors (Lipinski definition) is 3. The second-order valence-corrected chi connectivity index (χ2v) is 3.73. The molecule has 0 unspecified atom stereocenters. The van der Waals surface area contributed by atoms with Gasteiger partial charge in [0.1, 0.15) is 6.07 Å². The maximum Gasteiger partial charge on any atom is 0.166 e. The van der Waals surface area contributed by atoms with Gasteiger partial charge in [-0.2, -0.15) is 10.4 Å². The van der Waals surface area contributed by atoms with Crippen molar-refractivity contribution in [1.82, 2.24) is 9.78 Å². The minimum Gasteiger partial charge on any atom is -0.375 e. The van der Waals surface area contributed by atoms with E-state index in [4.69, 9.17) is 10.00 Å². The molecule has 2 heterocycles. The van der Waals surface area contributed by atoms with E-state index >= 15 is 0 Å². The number of nitrogens with zero attached hydrogens (tertiary/aromatic N) is 3. The minimum atomic E-state index is 0.285. The van der Waals surface area contributed by atoms with Crippen LogP contribution in [-0.2, 0) is 17.8 Å². The molecule has 0 saturated carbocycles. The van der Waals surface area contributed by atoms with Gasteiger partial charge in [0.05, 0.1) is 18.9 Å². The number of hydrogen-bond donors (Lipinski definition) is 0. The highest BCUT2D eigenvalue weighted by molar-refractivity contribution is 5.36. The molecular weight excluding hydrogens is 178 g/mol. The van der Waals surface area contributed by atoms with Crippen LogP contribution in [0.4, 0.5) is 0 Å². The van der Waals surface area contributed by atoms with Crippen molar-refractivity contribution < 1.29 is 4.74 Å². The van der Waals surface area contributed by atoms with Crippen molar-refractivity contribution in [3.8, 4) is 6.07 Å². The second kappa shape index (κ2) is 3.43. The molecule has 1 aromatic heterocycles. The van der Waals surface area contributed by atoms with E-state index in [0.29, 0.717) is 18.9 Å². The third-order valence-corrected chi connectivity index (χ3v) is 2.45. The molecule has 4 nitrogen and oxygen atoms in total. The average molecular weight is 191 g/mol. The summed E-state index contributed by atoms with van der Waals surface area (Å²) in [6.07, 6.45) is 0.810. The Kier molecular flexibility index (Phi) is 2.26. The van der Waals surface area contributed by atoms with Crippen LogP contribution in [0.25, 0.3) is 0 Å². The predicted octanol–water partition coefficient (Wildman–Crippen LogP) is 1.41. The molecular formula is C10H13N3O. The van der Waals surface area contributed by atoms with Crippen LogP contribution in [0.1, 0.15) is 36.8 Å². The molecule has 0 bridgehead atoms. The van der Waals surface area contributed by atoms with Crippen LogP contribution >= 0.6 is 0 Å². The molecule has 0 aromatic carbocycles. The maximum absolute atomic E-state index is 8.92. The van der Waals surface area contributed by atoms with E-state index in [-0.39, 0.29) is 6.04 Å². The van der Waals surface area contributed by atoms with Gasteiger partial charge >= 0.3 is 0 Å². The molecule has 2 rings (SSSR count). The molecule has 0 radical (unpaired) electrons. The normalized spacial score (nSPS) is 15.3. The fraction of sp³-hybridized carbons (Fsp3) is 0.600. The topological polar surface area (TPSA) is 50.8 Å². The van der Waals surface area contributed by atoms with E-state index in [1.54, 1.807) is 0 Å². The standard InChI is InChI=1S/C10H13N3O/c1-7(2)13-10-6-14-4-3-8(10)9(5-11)12-13/h7H,3-4,6H2,1-2H3. The molecule has 14 heavy (non-hydrogen) atoms. The zero-order valence-corrected chi connectivity index (χ0v) is 8.45. The summed E-state index contributed by atoms with van der Waals surface area (Å²) in [5.41, 5.74) is 2.72. The number of rotatable bonds is 1. The maximum atomic E-state index is 8.92. The lowest BCUT2D eigenvalue weighted by Gasteiger charge is -2.16. The highest BCUT2D eigenvalue weighted by Gasteiger charge is 2.21. The Balaban J connectivity index is 2.53. The molecule has 1 aliphatic rings. The molecule has 4 heteroatoms. The van der Waals surface area contributed by atoms with E-state index < -0.39 is 0 Å². The first kappa shape index (κ1) is 9.22. The SMILES string of the molecule is CC(C)n1nc(C#N)c2c1COCC2. The van der Waals surface area contributed by atoms with Crippen molar-refractivity contribution >= 4 is 0 Å². The third kappa shape index (κ3) is 1.30. The minimum absolute atomic E-state index is 0.285. The van der Waals surface area contributed by atoms with Crippen molar-refractivity contribution in [1.29, 1.82) is 5.26 Å². The quantitative estimate of drug-likeness (QED) is 0.674. The molecule has 0 spiro atoms. The summed E-state index contributed by atoms with van der Waals surface area (Å²) in [6.45, 7) is 5.40. The first-order valence-corrected chi connectivity index (χ1v) is 4.82. The zero-order chi connectivity index (χ0) is 10.1. The Morgan fingerprint density at radius 2 is 2.36 bits per heavy atom.